The van der Waals surface area contributed by atoms with Crippen LogP contribution in [0, 0.1) is 0 Å². The van der Waals surface area contributed by atoms with Crippen LogP contribution in [0.2, 0.25) is 0 Å². The van der Waals surface area contributed by atoms with E-state index in [1.54, 1.807) is 38.7 Å². The maximum absolute atomic E-state index is 13.1. The van der Waals surface area contributed by atoms with Crippen molar-refractivity contribution in [1.82, 2.24) is 9.88 Å². The first-order chi connectivity index (χ1) is 12.2. The van der Waals surface area contributed by atoms with E-state index in [9.17, 15) is 4.79 Å². The van der Waals surface area contributed by atoms with Crippen LogP contribution in [0.1, 0.15) is 41.6 Å². The number of hydrogen-bond acceptors (Lipinski definition) is 4. The van der Waals surface area contributed by atoms with Crippen molar-refractivity contribution in [2.24, 2.45) is 0 Å². The van der Waals surface area contributed by atoms with E-state index < -0.39 is 0 Å². The maximum atomic E-state index is 13.1. The third-order valence-corrected chi connectivity index (χ3v) is 4.78. The van der Waals surface area contributed by atoms with Gasteiger partial charge in [-0.15, -0.1) is 0 Å². The van der Waals surface area contributed by atoms with Crippen LogP contribution in [-0.4, -0.2) is 36.1 Å². The van der Waals surface area contributed by atoms with Crippen molar-refractivity contribution >= 4 is 5.91 Å². The number of rotatable bonds is 6. The number of pyridine rings is 1. The molecular formula is C20H24N2O3. The molecular weight excluding hydrogens is 316 g/mol. The van der Waals surface area contributed by atoms with Crippen LogP contribution in [-0.2, 0) is 6.54 Å². The molecule has 0 unspecified atom stereocenters. The molecule has 0 N–H and O–H groups in total. The van der Waals surface area contributed by atoms with Gasteiger partial charge in [-0.3, -0.25) is 9.78 Å². The lowest BCUT2D eigenvalue weighted by molar-refractivity contribution is 0.0662. The lowest BCUT2D eigenvalue weighted by Gasteiger charge is -2.30. The van der Waals surface area contributed by atoms with Gasteiger partial charge in [0.25, 0.3) is 5.91 Å². The van der Waals surface area contributed by atoms with Gasteiger partial charge in [-0.1, -0.05) is 12.8 Å². The Morgan fingerprint density at radius 3 is 2.48 bits per heavy atom. The molecule has 0 bridgehead atoms. The number of nitrogens with zero attached hydrogens (tertiary/aromatic N) is 2. The molecule has 0 aliphatic heterocycles. The Balaban J connectivity index is 1.91. The molecule has 0 saturated heterocycles. The minimum absolute atomic E-state index is 0.0409. The minimum Gasteiger partial charge on any atom is -0.497 e. The van der Waals surface area contributed by atoms with Gasteiger partial charge >= 0.3 is 0 Å². The molecule has 1 saturated carbocycles. The third kappa shape index (κ3) is 3.92. The van der Waals surface area contributed by atoms with Crippen LogP contribution in [0.15, 0.2) is 42.7 Å². The first-order valence-electron chi connectivity index (χ1n) is 8.65. The largest absolute Gasteiger partial charge is 0.497 e. The summed E-state index contributed by atoms with van der Waals surface area (Å²) < 4.78 is 10.8. The summed E-state index contributed by atoms with van der Waals surface area (Å²) in [6.07, 6.45) is 7.74. The molecule has 5 heteroatoms. The molecule has 1 aromatic carbocycles. The molecule has 0 atom stereocenters. The molecule has 1 aliphatic rings. The summed E-state index contributed by atoms with van der Waals surface area (Å²) in [7, 11) is 3.29. The number of aromatic nitrogens is 1. The van der Waals surface area contributed by atoms with E-state index in [0.29, 0.717) is 12.1 Å². The number of benzene rings is 1. The van der Waals surface area contributed by atoms with Crippen LogP contribution in [0.5, 0.6) is 11.5 Å². The molecule has 1 amide bonds. The Kier molecular flexibility index (Phi) is 5.53. The zero-order valence-electron chi connectivity index (χ0n) is 14.8. The van der Waals surface area contributed by atoms with Gasteiger partial charge in [0.05, 0.1) is 20.8 Å². The van der Waals surface area contributed by atoms with E-state index in [4.69, 9.17) is 9.47 Å². The second-order valence-electron chi connectivity index (χ2n) is 6.29. The highest BCUT2D eigenvalue weighted by Crippen LogP contribution is 2.30. The van der Waals surface area contributed by atoms with E-state index in [1.807, 2.05) is 23.1 Å². The van der Waals surface area contributed by atoms with Gasteiger partial charge < -0.3 is 14.4 Å². The molecule has 1 heterocycles. The smallest absolute Gasteiger partial charge is 0.254 e. The molecule has 1 aromatic heterocycles. The monoisotopic (exact) mass is 340 g/mol. The highest BCUT2D eigenvalue weighted by atomic mass is 16.5. The number of hydrogen-bond donors (Lipinski definition) is 0. The van der Waals surface area contributed by atoms with Crippen LogP contribution >= 0.6 is 0 Å². The Bertz CT molecular complexity index is 712. The summed E-state index contributed by atoms with van der Waals surface area (Å²) in [6, 6.07) is 9.50. The Morgan fingerprint density at radius 1 is 1.12 bits per heavy atom. The van der Waals surface area contributed by atoms with Crippen LogP contribution in [0.4, 0.5) is 0 Å². The zero-order valence-corrected chi connectivity index (χ0v) is 14.8. The standard InChI is InChI=1S/C20H24N2O3/c1-24-18-7-8-19(25-2)16(13-18)14-22(17-5-3-4-6-17)20(23)15-9-11-21-12-10-15/h7-13,17H,3-6,14H2,1-2H3. The van der Waals surface area contributed by atoms with Gasteiger partial charge in [0.1, 0.15) is 11.5 Å². The third-order valence-electron chi connectivity index (χ3n) is 4.78. The molecule has 3 rings (SSSR count). The number of methoxy groups -OCH3 is 2. The first-order valence-corrected chi connectivity index (χ1v) is 8.65. The van der Waals surface area contributed by atoms with Crippen molar-refractivity contribution in [3.05, 3.63) is 53.9 Å². The number of amides is 1. The highest BCUT2D eigenvalue weighted by molar-refractivity contribution is 5.94. The summed E-state index contributed by atoms with van der Waals surface area (Å²) in [4.78, 5) is 19.1. The predicted octanol–water partition coefficient (Wildman–Crippen LogP) is 3.68. The van der Waals surface area contributed by atoms with Gasteiger partial charge in [0.15, 0.2) is 0 Å². The number of ether oxygens (including phenoxy) is 2. The van der Waals surface area contributed by atoms with Gasteiger partial charge in [-0.05, 0) is 43.2 Å². The summed E-state index contributed by atoms with van der Waals surface area (Å²) in [6.45, 7) is 0.506. The zero-order chi connectivity index (χ0) is 17.6. The van der Waals surface area contributed by atoms with Gasteiger partial charge in [0, 0.05) is 29.6 Å². The fourth-order valence-electron chi connectivity index (χ4n) is 3.43. The molecule has 1 fully saturated rings. The molecule has 25 heavy (non-hydrogen) atoms. The van der Waals surface area contributed by atoms with Gasteiger partial charge in [0.2, 0.25) is 0 Å². The fourth-order valence-corrected chi connectivity index (χ4v) is 3.43. The van der Waals surface area contributed by atoms with E-state index in [-0.39, 0.29) is 11.9 Å². The summed E-state index contributed by atoms with van der Waals surface area (Å²) >= 11 is 0. The SMILES string of the molecule is COc1ccc(OC)c(CN(C(=O)c2ccncc2)C2CCCC2)c1. The van der Waals surface area contributed by atoms with Crippen molar-refractivity contribution < 1.29 is 14.3 Å². The summed E-state index contributed by atoms with van der Waals surface area (Å²) in [5, 5.41) is 0. The van der Waals surface area contributed by atoms with E-state index in [2.05, 4.69) is 4.98 Å². The maximum Gasteiger partial charge on any atom is 0.254 e. The first kappa shape index (κ1) is 17.3. The number of carbonyl (C=O) groups excluding carboxylic acids is 1. The van der Waals surface area contributed by atoms with Crippen molar-refractivity contribution in [1.29, 1.82) is 0 Å². The van der Waals surface area contributed by atoms with Crippen LogP contribution in [0.3, 0.4) is 0 Å². The number of carbonyl (C=O) groups is 1. The van der Waals surface area contributed by atoms with Gasteiger partial charge in [-0.25, -0.2) is 0 Å². The normalized spacial score (nSPS) is 14.3. The summed E-state index contributed by atoms with van der Waals surface area (Å²) in [5.41, 5.74) is 1.62. The molecule has 0 spiro atoms. The average Bonchev–Trinajstić information content (AvgIpc) is 3.20. The molecule has 0 radical (unpaired) electrons. The van der Waals surface area contributed by atoms with Crippen molar-refractivity contribution in [3.63, 3.8) is 0 Å². The predicted molar refractivity (Wildman–Crippen MR) is 95.9 cm³/mol. The topological polar surface area (TPSA) is 51.7 Å². The lowest BCUT2D eigenvalue weighted by Crippen LogP contribution is -2.38. The molecule has 5 nitrogen and oxygen atoms in total. The highest BCUT2D eigenvalue weighted by Gasteiger charge is 2.28. The molecule has 132 valence electrons. The molecule has 2 aromatic rings. The second-order valence-corrected chi connectivity index (χ2v) is 6.29. The van der Waals surface area contributed by atoms with E-state index in [1.165, 1.54) is 12.8 Å². The lowest BCUT2D eigenvalue weighted by atomic mass is 10.1. The van der Waals surface area contributed by atoms with Crippen molar-refractivity contribution in [2.45, 2.75) is 38.3 Å². The quantitative estimate of drug-likeness (QED) is 0.805. The second kappa shape index (κ2) is 8.01. The fraction of sp³-hybridized carbons (Fsp3) is 0.400. The summed E-state index contributed by atoms with van der Waals surface area (Å²) in [5.74, 6) is 1.57. The van der Waals surface area contributed by atoms with E-state index >= 15 is 0 Å². The van der Waals surface area contributed by atoms with Gasteiger partial charge in [-0.2, -0.15) is 0 Å². The minimum atomic E-state index is 0.0409. The Hall–Kier alpha value is -2.56. The average molecular weight is 340 g/mol. The molecule has 1 aliphatic carbocycles. The van der Waals surface area contributed by atoms with Crippen LogP contribution < -0.4 is 9.47 Å². The Morgan fingerprint density at radius 2 is 1.84 bits per heavy atom. The Labute approximate surface area is 148 Å². The van der Waals surface area contributed by atoms with Crippen molar-refractivity contribution in [2.75, 3.05) is 14.2 Å². The van der Waals surface area contributed by atoms with E-state index in [0.717, 1.165) is 29.9 Å². The van der Waals surface area contributed by atoms with Crippen LogP contribution in [0.25, 0.3) is 0 Å². The van der Waals surface area contributed by atoms with Crippen molar-refractivity contribution in [3.8, 4) is 11.5 Å².